The summed E-state index contributed by atoms with van der Waals surface area (Å²) in [4.78, 5) is 0. The van der Waals surface area contributed by atoms with E-state index in [4.69, 9.17) is 0 Å². The van der Waals surface area contributed by atoms with E-state index in [-0.39, 0.29) is 0 Å². The van der Waals surface area contributed by atoms with Gasteiger partial charge in [0.15, 0.2) is 0 Å². The fourth-order valence-corrected chi connectivity index (χ4v) is 9.48. The first-order valence-corrected chi connectivity index (χ1v) is 22.4. The molecular weight excluding hydrogens is 773 g/mol. The van der Waals surface area contributed by atoms with Crippen LogP contribution >= 0.6 is 0 Å². The number of aryl methyl sites for hydroxylation is 1. The summed E-state index contributed by atoms with van der Waals surface area (Å²) in [7, 11) is 0. The zero-order chi connectivity index (χ0) is 42.8. The first-order chi connectivity index (χ1) is 31.6. The molecule has 0 fully saturated rings. The molecule has 2 heteroatoms. The summed E-state index contributed by atoms with van der Waals surface area (Å²) in [6.45, 7) is 2.17. The van der Waals surface area contributed by atoms with Crippen LogP contribution in [0.3, 0.4) is 0 Å². The number of benzene rings is 9. The molecule has 9 aromatic carbocycles. The first-order valence-electron chi connectivity index (χ1n) is 22.4. The highest BCUT2D eigenvalue weighted by Crippen LogP contribution is 2.36. The van der Waals surface area contributed by atoms with Crippen molar-refractivity contribution in [2.45, 2.75) is 25.7 Å². The molecule has 1 atom stereocenters. The lowest BCUT2D eigenvalue weighted by molar-refractivity contribution is 0.855. The normalized spacial score (nSPS) is 13.6. The van der Waals surface area contributed by atoms with E-state index in [1.54, 1.807) is 0 Å². The lowest BCUT2D eigenvalue weighted by Gasteiger charge is -2.18. The van der Waals surface area contributed by atoms with Gasteiger partial charge < -0.3 is 9.88 Å². The van der Waals surface area contributed by atoms with E-state index in [1.165, 1.54) is 94.3 Å². The van der Waals surface area contributed by atoms with E-state index in [2.05, 4.69) is 253 Å². The zero-order valence-corrected chi connectivity index (χ0v) is 36.0. The number of fused-ring (bicyclic) bond motifs is 3. The highest BCUT2D eigenvalue weighted by molar-refractivity contribution is 6.09. The van der Waals surface area contributed by atoms with Crippen LogP contribution in [0.15, 0.2) is 237 Å². The zero-order valence-electron chi connectivity index (χ0n) is 36.0. The average Bonchev–Trinajstić information content (AvgIpc) is 3.70. The molecule has 1 N–H and O–H groups in total. The molecule has 0 aliphatic heterocycles. The molecule has 1 aliphatic rings. The number of hydrogen-bond donors (Lipinski definition) is 1. The van der Waals surface area contributed by atoms with Crippen molar-refractivity contribution >= 4 is 38.8 Å². The predicted molar refractivity (Wildman–Crippen MR) is 272 cm³/mol. The van der Waals surface area contributed by atoms with Gasteiger partial charge in [0.1, 0.15) is 0 Å². The van der Waals surface area contributed by atoms with Crippen LogP contribution in [-0.2, 0) is 6.42 Å². The monoisotopic (exact) mass is 820 g/mol. The highest BCUT2D eigenvalue weighted by Gasteiger charge is 2.15. The molecule has 0 bridgehead atoms. The summed E-state index contributed by atoms with van der Waals surface area (Å²) in [5.74, 6) is 0.382. The number of rotatable bonds is 10. The van der Waals surface area contributed by atoms with Crippen molar-refractivity contribution in [3.8, 4) is 39.1 Å². The van der Waals surface area contributed by atoms with Crippen molar-refractivity contribution in [2.24, 2.45) is 0 Å². The summed E-state index contributed by atoms with van der Waals surface area (Å²) in [6, 6.07) is 79.4. The van der Waals surface area contributed by atoms with Gasteiger partial charge in [-0.3, -0.25) is 0 Å². The van der Waals surface area contributed by atoms with Gasteiger partial charge in [-0.2, -0.15) is 0 Å². The first kappa shape index (κ1) is 38.9. The van der Waals surface area contributed by atoms with Gasteiger partial charge >= 0.3 is 0 Å². The van der Waals surface area contributed by atoms with Crippen LogP contribution in [0, 0.1) is 6.92 Å². The predicted octanol–water partition coefficient (Wildman–Crippen LogP) is 16.6. The van der Waals surface area contributed by atoms with E-state index in [0.29, 0.717) is 5.92 Å². The van der Waals surface area contributed by atoms with Crippen molar-refractivity contribution < 1.29 is 0 Å². The van der Waals surface area contributed by atoms with Crippen LogP contribution < -0.4 is 5.32 Å². The van der Waals surface area contributed by atoms with E-state index >= 15 is 0 Å². The van der Waals surface area contributed by atoms with Crippen molar-refractivity contribution in [3.63, 3.8) is 0 Å². The second kappa shape index (κ2) is 17.1. The molecule has 10 aromatic rings. The SMILES string of the molecule is Cc1ccccc1-c1ccccc1Nc1ccc(C2=CCC(c3ccc(Cc4ccc(-c5ccc(-c6ccc(-n7c8ccccc8c8ccccc87)cc6)cc5)cc4)cc3)C=C2)cc1. The molecule has 64 heavy (non-hydrogen) atoms. The van der Waals surface area contributed by atoms with Crippen molar-refractivity contribution in [2.75, 3.05) is 5.32 Å². The fourth-order valence-electron chi connectivity index (χ4n) is 9.48. The van der Waals surface area contributed by atoms with Gasteiger partial charge in [-0.15, -0.1) is 0 Å². The van der Waals surface area contributed by atoms with Crippen LogP contribution in [0.5, 0.6) is 0 Å². The maximum absolute atomic E-state index is 3.66. The molecule has 1 heterocycles. The molecule has 1 aliphatic carbocycles. The minimum Gasteiger partial charge on any atom is -0.355 e. The van der Waals surface area contributed by atoms with Gasteiger partial charge in [-0.1, -0.05) is 194 Å². The third-order valence-corrected chi connectivity index (χ3v) is 13.0. The van der Waals surface area contributed by atoms with Crippen LogP contribution in [0.2, 0.25) is 0 Å². The molecule has 11 rings (SSSR count). The molecule has 0 saturated heterocycles. The third kappa shape index (κ3) is 7.76. The summed E-state index contributed by atoms with van der Waals surface area (Å²) in [5.41, 5.74) is 21.0. The van der Waals surface area contributed by atoms with Crippen molar-refractivity contribution in [3.05, 3.63) is 264 Å². The van der Waals surface area contributed by atoms with Crippen LogP contribution in [0.4, 0.5) is 11.4 Å². The van der Waals surface area contributed by atoms with Gasteiger partial charge in [0.25, 0.3) is 0 Å². The maximum atomic E-state index is 3.66. The maximum Gasteiger partial charge on any atom is 0.0541 e. The molecule has 0 saturated carbocycles. The fraction of sp³-hybridized carbons (Fsp3) is 0.0645. The average molecular weight is 821 g/mol. The molecule has 1 aromatic heterocycles. The summed E-state index contributed by atoms with van der Waals surface area (Å²) >= 11 is 0. The van der Waals surface area contributed by atoms with Crippen LogP contribution in [0.25, 0.3) is 66.4 Å². The van der Waals surface area contributed by atoms with Crippen molar-refractivity contribution in [1.29, 1.82) is 0 Å². The Morgan fingerprint density at radius 2 is 0.969 bits per heavy atom. The summed E-state index contributed by atoms with van der Waals surface area (Å²) in [5, 5.41) is 6.23. The van der Waals surface area contributed by atoms with E-state index in [0.717, 1.165) is 24.2 Å². The second-order valence-electron chi connectivity index (χ2n) is 17.0. The minimum absolute atomic E-state index is 0.382. The quantitative estimate of drug-likeness (QED) is 0.145. The van der Waals surface area contributed by atoms with E-state index < -0.39 is 0 Å². The summed E-state index contributed by atoms with van der Waals surface area (Å²) in [6.07, 6.45) is 8.95. The number of aromatic nitrogens is 1. The number of hydrogen-bond acceptors (Lipinski definition) is 1. The molecule has 306 valence electrons. The van der Waals surface area contributed by atoms with Gasteiger partial charge in [-0.25, -0.2) is 0 Å². The number of anilines is 2. The molecule has 0 spiro atoms. The number of nitrogens with one attached hydrogen (secondary N) is 1. The Morgan fingerprint density at radius 1 is 0.469 bits per heavy atom. The Morgan fingerprint density at radius 3 is 1.56 bits per heavy atom. The van der Waals surface area contributed by atoms with Crippen LogP contribution in [0.1, 0.15) is 40.2 Å². The molecule has 1 unspecified atom stereocenters. The third-order valence-electron chi connectivity index (χ3n) is 13.0. The second-order valence-corrected chi connectivity index (χ2v) is 17.0. The topological polar surface area (TPSA) is 17.0 Å². The Kier molecular flexibility index (Phi) is 10.4. The minimum atomic E-state index is 0.382. The van der Waals surface area contributed by atoms with Gasteiger partial charge in [0.2, 0.25) is 0 Å². The van der Waals surface area contributed by atoms with Crippen LogP contribution in [-0.4, -0.2) is 4.57 Å². The Labute approximate surface area is 376 Å². The van der Waals surface area contributed by atoms with Gasteiger partial charge in [-0.05, 0) is 123 Å². The van der Waals surface area contributed by atoms with Gasteiger partial charge in [0.05, 0.1) is 11.0 Å². The van der Waals surface area contributed by atoms with Gasteiger partial charge in [0, 0.05) is 39.3 Å². The van der Waals surface area contributed by atoms with Crippen molar-refractivity contribution in [1.82, 2.24) is 4.57 Å². The van der Waals surface area contributed by atoms with E-state index in [1.807, 2.05) is 0 Å². The lowest BCUT2D eigenvalue weighted by atomic mass is 9.87. The largest absolute Gasteiger partial charge is 0.355 e. The standard InChI is InChI=1S/C62H48N2/c1-43-10-2-3-11-56(43)57-12-4-7-15-60(57)63-54-38-34-52(35-39-54)50-30-26-48(27-31-50)46-22-18-44(19-23-46)42-45-20-24-47(25-21-45)49-28-32-51(33-29-49)53-36-40-55(41-37-53)64-61-16-8-5-13-58(61)59-14-6-9-17-62(59)64/h2-26,28-41,48,63H,27,42H2,1H3. The number of para-hydroxylation sites is 3. The Bertz CT molecular complexity index is 3260. The molecular formula is C62H48N2. The van der Waals surface area contributed by atoms with E-state index in [9.17, 15) is 0 Å². The number of nitrogens with zero attached hydrogens (tertiary/aromatic N) is 1. The number of allylic oxidation sites excluding steroid dienone is 4. The molecule has 0 amide bonds. The summed E-state index contributed by atoms with van der Waals surface area (Å²) < 4.78 is 2.37. The molecule has 2 nitrogen and oxygen atoms in total. The highest BCUT2D eigenvalue weighted by atomic mass is 15.0. The Hall–Kier alpha value is -7.94. The molecule has 0 radical (unpaired) electrons. The Balaban J connectivity index is 0.697. The lowest BCUT2D eigenvalue weighted by Crippen LogP contribution is -1.99. The smallest absolute Gasteiger partial charge is 0.0541 e.